The lowest BCUT2D eigenvalue weighted by atomic mass is 10.0. The molecule has 1 aromatic carbocycles. The number of amides is 2. The first-order valence-corrected chi connectivity index (χ1v) is 15.8. The zero-order valence-electron chi connectivity index (χ0n) is 26.0. The van der Waals surface area contributed by atoms with Gasteiger partial charge in [0.05, 0.1) is 29.7 Å². The molecule has 2 amide bonds. The third-order valence-corrected chi connectivity index (χ3v) is 8.91. The summed E-state index contributed by atoms with van der Waals surface area (Å²) in [4.78, 5) is 41.0. The van der Waals surface area contributed by atoms with Gasteiger partial charge in [0.15, 0.2) is 0 Å². The van der Waals surface area contributed by atoms with E-state index in [2.05, 4.69) is 25.5 Å². The quantitative estimate of drug-likeness (QED) is 0.214. The first-order chi connectivity index (χ1) is 22.2. The Morgan fingerprint density at radius 1 is 1.24 bits per heavy atom. The number of carbonyl (C=O) groups is 2. The van der Waals surface area contributed by atoms with Gasteiger partial charge in [-0.05, 0) is 50.6 Å². The van der Waals surface area contributed by atoms with Crippen LogP contribution in [0.15, 0.2) is 46.6 Å². The van der Waals surface area contributed by atoms with Gasteiger partial charge in [0, 0.05) is 69.3 Å². The van der Waals surface area contributed by atoms with E-state index in [0.717, 1.165) is 39.0 Å². The van der Waals surface area contributed by atoms with Crippen LogP contribution in [0.25, 0.3) is 0 Å². The van der Waals surface area contributed by atoms with E-state index in [1.807, 2.05) is 11.9 Å². The van der Waals surface area contributed by atoms with Crippen LogP contribution >= 0.6 is 11.6 Å². The van der Waals surface area contributed by atoms with Crippen molar-refractivity contribution in [2.24, 2.45) is 4.99 Å². The maximum Gasteiger partial charge on any atom is 0.255 e. The van der Waals surface area contributed by atoms with Crippen LogP contribution < -0.4 is 15.5 Å². The van der Waals surface area contributed by atoms with Crippen LogP contribution in [0.2, 0.25) is 0 Å². The van der Waals surface area contributed by atoms with E-state index >= 15 is 0 Å². The summed E-state index contributed by atoms with van der Waals surface area (Å²) in [5.41, 5.74) is 1.44. The number of aliphatic hydroxyl groups excluding tert-OH is 1. The third kappa shape index (κ3) is 7.72. The number of aliphatic imine (C=N–C) groups is 1. The van der Waals surface area contributed by atoms with Crippen molar-refractivity contribution >= 4 is 41.3 Å². The Kier molecular flexibility index (Phi) is 11.0. The summed E-state index contributed by atoms with van der Waals surface area (Å²) < 4.78 is 20.2. The molecule has 12 nitrogen and oxygen atoms in total. The molecule has 2 saturated heterocycles. The second kappa shape index (κ2) is 15.1. The predicted molar refractivity (Wildman–Crippen MR) is 174 cm³/mol. The molecule has 0 unspecified atom stereocenters. The Morgan fingerprint density at radius 3 is 2.70 bits per heavy atom. The van der Waals surface area contributed by atoms with Gasteiger partial charge in [-0.3, -0.25) is 15.0 Å². The molecule has 4 N–H and O–H groups in total. The van der Waals surface area contributed by atoms with E-state index in [1.165, 1.54) is 17.2 Å². The number of aliphatic hydroxyl groups is 1. The van der Waals surface area contributed by atoms with Crippen LogP contribution in [0.5, 0.6) is 0 Å². The number of rotatable bonds is 11. The van der Waals surface area contributed by atoms with Crippen molar-refractivity contribution in [2.75, 3.05) is 57.9 Å². The molecular formula is C32H40ClFN8O4. The lowest BCUT2D eigenvalue weighted by Crippen LogP contribution is -2.47. The largest absolute Gasteiger partial charge is 0.394 e. The molecule has 2 atom stereocenters. The van der Waals surface area contributed by atoms with Gasteiger partial charge >= 0.3 is 0 Å². The molecule has 0 spiro atoms. The van der Waals surface area contributed by atoms with Gasteiger partial charge in [0.1, 0.15) is 23.4 Å². The number of benzene rings is 1. The number of hydrogen-bond acceptors (Lipinski definition) is 9. The molecule has 2 fully saturated rings. The molecule has 0 aliphatic carbocycles. The van der Waals surface area contributed by atoms with Crippen LogP contribution in [-0.4, -0.2) is 109 Å². The SMILES string of the molecule is C[C@@H](C(=O)N[C@H](CO)c1nc(N2CCN(C)CC2)ccc1F)N1Cc2ccc(C(=N)/C(Cl)=C\N=C\NC3CCOCC3)cc2C1=O. The second-order valence-electron chi connectivity index (χ2n) is 11.7. The molecule has 2 aromatic rings. The Labute approximate surface area is 272 Å². The van der Waals surface area contributed by atoms with Crippen molar-refractivity contribution in [3.63, 3.8) is 0 Å². The monoisotopic (exact) mass is 654 g/mol. The van der Waals surface area contributed by atoms with Gasteiger partial charge in [0.25, 0.3) is 5.91 Å². The molecule has 0 saturated carbocycles. The van der Waals surface area contributed by atoms with Gasteiger partial charge in [-0.1, -0.05) is 23.7 Å². The number of ether oxygens (including phenoxy) is 1. The highest BCUT2D eigenvalue weighted by atomic mass is 35.5. The number of nitrogens with one attached hydrogen (secondary N) is 3. The van der Waals surface area contributed by atoms with Crippen LogP contribution in [-0.2, 0) is 16.1 Å². The molecule has 246 valence electrons. The smallest absolute Gasteiger partial charge is 0.255 e. The normalized spacial score (nSPS) is 19.3. The summed E-state index contributed by atoms with van der Waals surface area (Å²) in [6, 6.07) is 6.17. The van der Waals surface area contributed by atoms with Gasteiger partial charge in [-0.25, -0.2) is 14.4 Å². The minimum Gasteiger partial charge on any atom is -0.394 e. The first-order valence-electron chi connectivity index (χ1n) is 15.4. The Bertz CT molecular complexity index is 1510. The fourth-order valence-corrected chi connectivity index (χ4v) is 5.81. The number of likely N-dealkylation sites (N-methyl/N-ethyl adjacent to an activating group) is 1. The van der Waals surface area contributed by atoms with Crippen molar-refractivity contribution in [3.8, 4) is 0 Å². The molecule has 0 bridgehead atoms. The fourth-order valence-electron chi connectivity index (χ4n) is 5.65. The summed E-state index contributed by atoms with van der Waals surface area (Å²) in [6.07, 6.45) is 4.71. The van der Waals surface area contributed by atoms with Crippen LogP contribution in [0, 0.1) is 11.2 Å². The van der Waals surface area contributed by atoms with Crippen molar-refractivity contribution in [1.29, 1.82) is 5.41 Å². The van der Waals surface area contributed by atoms with E-state index in [0.29, 0.717) is 35.7 Å². The topological polar surface area (TPSA) is 146 Å². The van der Waals surface area contributed by atoms with Gasteiger partial charge < -0.3 is 35.2 Å². The number of fused-ring (bicyclic) bond motifs is 1. The van der Waals surface area contributed by atoms with Crippen molar-refractivity contribution in [1.82, 2.24) is 25.4 Å². The molecule has 3 aliphatic rings. The molecule has 46 heavy (non-hydrogen) atoms. The van der Waals surface area contributed by atoms with Gasteiger partial charge in [-0.2, -0.15) is 0 Å². The molecule has 4 heterocycles. The second-order valence-corrected chi connectivity index (χ2v) is 12.1. The first kappa shape index (κ1) is 33.5. The van der Waals surface area contributed by atoms with Gasteiger partial charge in [0.2, 0.25) is 5.91 Å². The Balaban J connectivity index is 1.21. The Hall–Kier alpha value is -3.91. The van der Waals surface area contributed by atoms with Crippen LogP contribution in [0.4, 0.5) is 10.2 Å². The van der Waals surface area contributed by atoms with E-state index in [9.17, 15) is 19.1 Å². The predicted octanol–water partition coefficient (Wildman–Crippen LogP) is 2.41. The highest BCUT2D eigenvalue weighted by Crippen LogP contribution is 2.28. The van der Waals surface area contributed by atoms with Crippen molar-refractivity contribution in [2.45, 2.75) is 44.4 Å². The molecule has 0 radical (unpaired) electrons. The number of nitrogens with zero attached hydrogens (tertiary/aromatic N) is 5. The number of pyridine rings is 1. The summed E-state index contributed by atoms with van der Waals surface area (Å²) in [7, 11) is 2.03. The molecule has 5 rings (SSSR count). The minimum absolute atomic E-state index is 0.00356. The lowest BCUT2D eigenvalue weighted by molar-refractivity contribution is -0.126. The minimum atomic E-state index is -1.10. The third-order valence-electron chi connectivity index (χ3n) is 8.63. The average molecular weight is 655 g/mol. The van der Waals surface area contributed by atoms with E-state index in [-0.39, 0.29) is 34.9 Å². The maximum absolute atomic E-state index is 14.9. The van der Waals surface area contributed by atoms with Gasteiger partial charge in [-0.15, -0.1) is 0 Å². The Morgan fingerprint density at radius 2 is 1.98 bits per heavy atom. The number of carbonyl (C=O) groups excluding carboxylic acids is 2. The maximum atomic E-state index is 14.9. The number of hydrogen-bond donors (Lipinski definition) is 4. The summed E-state index contributed by atoms with van der Waals surface area (Å²) in [5.74, 6) is -1.01. The number of piperazine rings is 1. The summed E-state index contributed by atoms with van der Waals surface area (Å²) >= 11 is 6.35. The number of halogens is 2. The lowest BCUT2D eigenvalue weighted by Gasteiger charge is -2.33. The van der Waals surface area contributed by atoms with E-state index < -0.39 is 30.4 Å². The number of aromatic nitrogens is 1. The van der Waals surface area contributed by atoms with Crippen molar-refractivity contribution < 1.29 is 23.8 Å². The van der Waals surface area contributed by atoms with Crippen LogP contribution in [0.1, 0.15) is 53.0 Å². The number of allylic oxidation sites excluding steroid dienone is 1. The highest BCUT2D eigenvalue weighted by molar-refractivity contribution is 6.45. The molecule has 14 heteroatoms. The fraction of sp³-hybridized carbons (Fsp3) is 0.469. The summed E-state index contributed by atoms with van der Waals surface area (Å²) in [5, 5.41) is 24.6. The van der Waals surface area contributed by atoms with E-state index in [4.69, 9.17) is 21.7 Å². The van der Waals surface area contributed by atoms with E-state index in [1.54, 1.807) is 37.5 Å². The van der Waals surface area contributed by atoms with Crippen LogP contribution in [0.3, 0.4) is 0 Å². The average Bonchev–Trinajstić information content (AvgIpc) is 3.41. The summed E-state index contributed by atoms with van der Waals surface area (Å²) in [6.45, 7) is 5.73. The zero-order valence-corrected chi connectivity index (χ0v) is 26.8. The highest BCUT2D eigenvalue weighted by Gasteiger charge is 2.35. The zero-order chi connectivity index (χ0) is 32.8. The molecule has 3 aliphatic heterocycles. The van der Waals surface area contributed by atoms with Crippen molar-refractivity contribution in [3.05, 3.63) is 69.8 Å². The number of anilines is 1. The standard InChI is InChI=1S/C32H40ClFN8O4/c1-20(31(44)38-27(18-43)30-26(34)5-6-28(39-30)41-11-9-40(2)10-12-41)42-17-22-4-3-21(15-24(22)32(42)45)29(35)25(33)16-36-19-37-23-7-13-46-14-8-23/h3-6,15-16,19-20,23,27,35,43H,7-14,17-18H2,1-2H3,(H,36,37)(H,38,44)/b25-16+,35-29?/t20-,27+/m0/s1. The molecular weight excluding hydrogens is 615 g/mol. The molecule has 1 aromatic heterocycles.